The van der Waals surface area contributed by atoms with Crippen LogP contribution in [0.15, 0.2) is 12.1 Å². The van der Waals surface area contributed by atoms with Gasteiger partial charge in [0, 0.05) is 6.07 Å². The SMILES string of the molecule is O[B]c1cc(F)cc(F)c1F. The van der Waals surface area contributed by atoms with E-state index in [4.69, 9.17) is 5.02 Å². The summed E-state index contributed by atoms with van der Waals surface area (Å²) in [6, 6.07) is 1.10. The van der Waals surface area contributed by atoms with Gasteiger partial charge in [-0.3, -0.25) is 0 Å². The van der Waals surface area contributed by atoms with Gasteiger partial charge in [0.15, 0.2) is 11.6 Å². The molecule has 0 aliphatic heterocycles. The van der Waals surface area contributed by atoms with Crippen molar-refractivity contribution in [1.29, 1.82) is 0 Å². The Kier molecular flexibility index (Phi) is 2.19. The van der Waals surface area contributed by atoms with E-state index in [0.29, 0.717) is 19.6 Å². The summed E-state index contributed by atoms with van der Waals surface area (Å²) in [5, 5.41) is 8.27. The second-order valence-electron chi connectivity index (χ2n) is 1.92. The molecule has 1 aromatic carbocycles. The third-order valence-corrected chi connectivity index (χ3v) is 1.16. The predicted octanol–water partition coefficient (Wildman–Crippen LogP) is 0.341. The molecule has 1 radical (unpaired) electrons. The molecule has 0 heterocycles. The smallest absolute Gasteiger partial charge is 0.330 e. The van der Waals surface area contributed by atoms with Gasteiger partial charge in [-0.15, -0.1) is 0 Å². The van der Waals surface area contributed by atoms with E-state index in [9.17, 15) is 13.2 Å². The molecule has 1 rings (SSSR count). The molecular formula is C6H3BF3O. The van der Waals surface area contributed by atoms with Crippen LogP contribution in [-0.2, 0) is 0 Å². The first-order chi connectivity index (χ1) is 5.15. The Morgan fingerprint density at radius 3 is 2.36 bits per heavy atom. The summed E-state index contributed by atoms with van der Waals surface area (Å²) >= 11 is 0. The summed E-state index contributed by atoms with van der Waals surface area (Å²) in [6.07, 6.45) is 0. The van der Waals surface area contributed by atoms with Crippen molar-refractivity contribution in [3.8, 4) is 0 Å². The Labute approximate surface area is 61.7 Å². The van der Waals surface area contributed by atoms with E-state index in [0.717, 1.165) is 0 Å². The maximum Gasteiger partial charge on any atom is 0.330 e. The minimum absolute atomic E-state index is 0.307. The highest BCUT2D eigenvalue weighted by Gasteiger charge is 2.10. The average Bonchev–Trinajstić information content (AvgIpc) is 1.96. The quantitative estimate of drug-likeness (QED) is 0.462. The average molecular weight is 159 g/mol. The molecule has 11 heavy (non-hydrogen) atoms. The van der Waals surface area contributed by atoms with Crippen molar-refractivity contribution in [3.63, 3.8) is 0 Å². The minimum atomic E-state index is -1.31. The summed E-state index contributed by atoms with van der Waals surface area (Å²) in [4.78, 5) is 0. The molecule has 0 saturated carbocycles. The van der Waals surface area contributed by atoms with Gasteiger partial charge in [-0.05, 0) is 11.5 Å². The van der Waals surface area contributed by atoms with Crippen molar-refractivity contribution in [2.24, 2.45) is 0 Å². The summed E-state index contributed by atoms with van der Waals surface area (Å²) in [5.74, 6) is -3.50. The monoisotopic (exact) mass is 159 g/mol. The van der Waals surface area contributed by atoms with Crippen LogP contribution in [0.4, 0.5) is 13.2 Å². The van der Waals surface area contributed by atoms with E-state index in [-0.39, 0.29) is 0 Å². The molecule has 0 aromatic heterocycles. The van der Waals surface area contributed by atoms with Crippen molar-refractivity contribution in [3.05, 3.63) is 29.6 Å². The number of hydrogen-bond acceptors (Lipinski definition) is 1. The fourth-order valence-electron chi connectivity index (χ4n) is 0.670. The standard InChI is InChI=1S/C6H3BF3O/c8-3-1-4(7-11)6(10)5(9)2-3/h1-2,11H. The van der Waals surface area contributed by atoms with Crippen molar-refractivity contribution in [1.82, 2.24) is 0 Å². The van der Waals surface area contributed by atoms with Gasteiger partial charge in [-0.2, -0.15) is 0 Å². The fourth-order valence-corrected chi connectivity index (χ4v) is 0.670. The van der Waals surface area contributed by atoms with Gasteiger partial charge in [0.1, 0.15) is 5.82 Å². The Bertz CT molecular complexity index is 277. The first-order valence-electron chi connectivity index (χ1n) is 2.77. The molecule has 0 amide bonds. The topological polar surface area (TPSA) is 20.2 Å². The zero-order valence-electron chi connectivity index (χ0n) is 5.31. The van der Waals surface area contributed by atoms with Crippen LogP contribution in [0.2, 0.25) is 0 Å². The molecular weight excluding hydrogens is 156 g/mol. The molecule has 1 nitrogen and oxygen atoms in total. The Morgan fingerprint density at radius 2 is 1.82 bits per heavy atom. The Balaban J connectivity index is 3.24. The molecule has 5 heteroatoms. The lowest BCUT2D eigenvalue weighted by atomic mass is 9.88. The van der Waals surface area contributed by atoms with Crippen LogP contribution in [-0.4, -0.2) is 12.5 Å². The highest BCUT2D eigenvalue weighted by atomic mass is 19.2. The van der Waals surface area contributed by atoms with Crippen LogP contribution in [0.1, 0.15) is 0 Å². The third kappa shape index (κ3) is 1.54. The van der Waals surface area contributed by atoms with Gasteiger partial charge in [0.05, 0.1) is 0 Å². The molecule has 1 aromatic rings. The number of hydrogen-bond donors (Lipinski definition) is 1. The zero-order valence-corrected chi connectivity index (χ0v) is 5.31. The number of halogens is 3. The summed E-state index contributed by atoms with van der Waals surface area (Å²) in [7, 11) is 0.307. The zero-order chi connectivity index (χ0) is 8.43. The summed E-state index contributed by atoms with van der Waals surface area (Å²) < 4.78 is 37.0. The maximum atomic E-state index is 12.4. The molecule has 0 atom stereocenters. The van der Waals surface area contributed by atoms with Crippen LogP contribution in [0.3, 0.4) is 0 Å². The predicted molar refractivity (Wildman–Crippen MR) is 33.9 cm³/mol. The van der Waals surface area contributed by atoms with Gasteiger partial charge < -0.3 is 5.02 Å². The molecule has 0 spiro atoms. The molecule has 1 N–H and O–H groups in total. The van der Waals surface area contributed by atoms with Crippen LogP contribution >= 0.6 is 0 Å². The van der Waals surface area contributed by atoms with Gasteiger partial charge in [0.25, 0.3) is 0 Å². The van der Waals surface area contributed by atoms with Crippen LogP contribution in [0.25, 0.3) is 0 Å². The first kappa shape index (κ1) is 8.13. The van der Waals surface area contributed by atoms with Crippen LogP contribution < -0.4 is 5.46 Å². The van der Waals surface area contributed by atoms with Gasteiger partial charge in [0.2, 0.25) is 0 Å². The second kappa shape index (κ2) is 2.96. The van der Waals surface area contributed by atoms with Crippen molar-refractivity contribution < 1.29 is 18.2 Å². The lowest BCUT2D eigenvalue weighted by molar-refractivity contribution is 0.498. The van der Waals surface area contributed by atoms with Gasteiger partial charge in [-0.25, -0.2) is 13.2 Å². The van der Waals surface area contributed by atoms with Crippen molar-refractivity contribution in [2.75, 3.05) is 0 Å². The third-order valence-electron chi connectivity index (χ3n) is 1.16. The highest BCUT2D eigenvalue weighted by Crippen LogP contribution is 2.04. The van der Waals surface area contributed by atoms with E-state index in [1.807, 2.05) is 0 Å². The fraction of sp³-hybridized carbons (Fsp3) is 0. The molecule has 0 aliphatic rings. The van der Waals surface area contributed by atoms with Gasteiger partial charge in [-0.1, -0.05) is 0 Å². The molecule has 57 valence electrons. The van der Waals surface area contributed by atoms with Crippen molar-refractivity contribution >= 4 is 12.9 Å². The molecule has 0 aliphatic carbocycles. The van der Waals surface area contributed by atoms with E-state index in [2.05, 4.69) is 0 Å². The highest BCUT2D eigenvalue weighted by molar-refractivity contribution is 6.45. The number of benzene rings is 1. The van der Waals surface area contributed by atoms with E-state index in [1.165, 1.54) is 0 Å². The minimum Gasteiger partial charge on any atom is -0.450 e. The van der Waals surface area contributed by atoms with E-state index < -0.39 is 22.9 Å². The van der Waals surface area contributed by atoms with Crippen molar-refractivity contribution in [2.45, 2.75) is 0 Å². The Hall–Kier alpha value is -0.965. The first-order valence-corrected chi connectivity index (χ1v) is 2.77. The largest absolute Gasteiger partial charge is 0.450 e. The normalized spacial score (nSPS) is 9.82. The molecule has 0 bridgehead atoms. The van der Waals surface area contributed by atoms with E-state index >= 15 is 0 Å². The lowest BCUT2D eigenvalue weighted by Gasteiger charge is -1.98. The summed E-state index contributed by atoms with van der Waals surface area (Å²) in [5.41, 5.74) is -0.498. The second-order valence-corrected chi connectivity index (χ2v) is 1.92. The molecule has 0 saturated heterocycles. The lowest BCUT2D eigenvalue weighted by Crippen LogP contribution is -2.20. The molecule has 0 fully saturated rings. The van der Waals surface area contributed by atoms with Crippen LogP contribution in [0, 0.1) is 17.5 Å². The Morgan fingerprint density at radius 1 is 1.18 bits per heavy atom. The van der Waals surface area contributed by atoms with E-state index in [1.54, 1.807) is 0 Å². The maximum absolute atomic E-state index is 12.4. The number of rotatable bonds is 1. The van der Waals surface area contributed by atoms with Gasteiger partial charge >= 0.3 is 7.48 Å². The van der Waals surface area contributed by atoms with Crippen LogP contribution in [0.5, 0.6) is 0 Å². The molecule has 0 unspecified atom stereocenters. The summed E-state index contributed by atoms with van der Waals surface area (Å²) in [6.45, 7) is 0.